The van der Waals surface area contributed by atoms with Gasteiger partial charge < -0.3 is 14.2 Å². The lowest BCUT2D eigenvalue weighted by Crippen LogP contribution is -2.26. The monoisotopic (exact) mass is 439 g/mol. The Hall–Kier alpha value is -3.88. The van der Waals surface area contributed by atoms with Crippen molar-refractivity contribution < 1.29 is 23.8 Å². The number of hydrogen-bond acceptors (Lipinski definition) is 7. The fourth-order valence-electron chi connectivity index (χ4n) is 3.21. The van der Waals surface area contributed by atoms with E-state index >= 15 is 0 Å². The number of methoxy groups -OCH3 is 1. The molecule has 0 bridgehead atoms. The molecule has 1 amide bonds. The maximum Gasteiger partial charge on any atom is 0.411 e. The number of nitrogens with zero attached hydrogens (tertiary/aromatic N) is 2. The second-order valence-corrected chi connectivity index (χ2v) is 6.91. The largest absolute Gasteiger partial charge is 0.493 e. The molecule has 0 atom stereocenters. The summed E-state index contributed by atoms with van der Waals surface area (Å²) in [5.74, 6) is 0.329. The summed E-state index contributed by atoms with van der Waals surface area (Å²) in [5, 5.41) is 3.23. The van der Waals surface area contributed by atoms with Gasteiger partial charge in [-0.3, -0.25) is 19.5 Å². The van der Waals surface area contributed by atoms with Crippen molar-refractivity contribution in [3.63, 3.8) is 0 Å². The van der Waals surface area contributed by atoms with Crippen molar-refractivity contribution in [2.24, 2.45) is 7.05 Å². The number of benzene rings is 1. The summed E-state index contributed by atoms with van der Waals surface area (Å²) in [7, 11) is 2.82. The molecule has 0 saturated heterocycles. The molecule has 0 saturated carbocycles. The molecule has 0 radical (unpaired) electrons. The third-order valence-corrected chi connectivity index (χ3v) is 4.79. The molecule has 9 heteroatoms. The van der Waals surface area contributed by atoms with E-state index < -0.39 is 11.7 Å². The van der Waals surface area contributed by atoms with Crippen LogP contribution >= 0.6 is 0 Å². The van der Waals surface area contributed by atoms with Gasteiger partial charge in [-0.25, -0.2) is 9.78 Å². The van der Waals surface area contributed by atoms with Gasteiger partial charge in [0.2, 0.25) is 0 Å². The molecule has 1 aromatic carbocycles. The third-order valence-electron chi connectivity index (χ3n) is 4.79. The maximum atomic E-state index is 13.0. The molecule has 0 aliphatic carbocycles. The van der Waals surface area contributed by atoms with E-state index in [-0.39, 0.29) is 18.3 Å². The molecule has 2 aromatic heterocycles. The number of hydrogen-bond donors (Lipinski definition) is 1. The van der Waals surface area contributed by atoms with Crippen molar-refractivity contribution in [3.05, 3.63) is 52.9 Å². The Kier molecular flexibility index (Phi) is 7.43. The van der Waals surface area contributed by atoms with Crippen LogP contribution in [0.5, 0.6) is 5.75 Å². The number of anilines is 1. The van der Waals surface area contributed by atoms with Gasteiger partial charge in [-0.05, 0) is 29.8 Å². The molecule has 32 heavy (non-hydrogen) atoms. The number of esters is 1. The lowest BCUT2D eigenvalue weighted by molar-refractivity contribution is -0.143. The van der Waals surface area contributed by atoms with E-state index in [2.05, 4.69) is 10.3 Å². The van der Waals surface area contributed by atoms with Crippen LogP contribution in [0.3, 0.4) is 0 Å². The van der Waals surface area contributed by atoms with Crippen molar-refractivity contribution in [1.82, 2.24) is 9.55 Å². The van der Waals surface area contributed by atoms with Crippen LogP contribution in [0.1, 0.15) is 19.8 Å². The van der Waals surface area contributed by atoms with Crippen LogP contribution in [-0.2, 0) is 21.3 Å². The number of carbonyl (C=O) groups is 2. The van der Waals surface area contributed by atoms with E-state index in [1.54, 1.807) is 44.4 Å². The predicted octanol–water partition coefficient (Wildman–Crippen LogP) is 3.50. The standard InChI is InChI=1S/C23H25N3O6/c1-4-18(27)32-13-7-12-31-16-9-5-8-15(14-16)19-17-10-6-11-24-21(17)26(2)22(28)20(19)25-23(29)30-3/h5-6,8-11,14H,4,7,12-13H2,1-3H3,(H,25,29). The Morgan fingerprint density at radius 2 is 1.97 bits per heavy atom. The highest BCUT2D eigenvalue weighted by Crippen LogP contribution is 2.34. The molecule has 0 spiro atoms. The molecule has 0 fully saturated rings. The average molecular weight is 439 g/mol. The molecule has 168 valence electrons. The van der Waals surface area contributed by atoms with Gasteiger partial charge in [0.15, 0.2) is 0 Å². The van der Waals surface area contributed by atoms with E-state index in [0.717, 1.165) is 0 Å². The van der Waals surface area contributed by atoms with Crippen LogP contribution in [-0.4, -0.2) is 41.9 Å². The van der Waals surface area contributed by atoms with Crippen LogP contribution in [0.25, 0.3) is 22.2 Å². The van der Waals surface area contributed by atoms with Gasteiger partial charge in [-0.1, -0.05) is 19.1 Å². The third kappa shape index (κ3) is 5.05. The molecule has 2 heterocycles. The van der Waals surface area contributed by atoms with Crippen LogP contribution in [0.4, 0.5) is 10.5 Å². The number of pyridine rings is 2. The molecule has 9 nitrogen and oxygen atoms in total. The number of amides is 1. The first-order valence-corrected chi connectivity index (χ1v) is 10.2. The quantitative estimate of drug-likeness (QED) is 0.423. The van der Waals surface area contributed by atoms with Crippen LogP contribution < -0.4 is 15.6 Å². The first-order valence-electron chi connectivity index (χ1n) is 10.2. The van der Waals surface area contributed by atoms with Gasteiger partial charge in [-0.15, -0.1) is 0 Å². The van der Waals surface area contributed by atoms with Gasteiger partial charge in [0.1, 0.15) is 17.1 Å². The van der Waals surface area contributed by atoms with E-state index in [1.807, 2.05) is 12.1 Å². The smallest absolute Gasteiger partial charge is 0.411 e. The van der Waals surface area contributed by atoms with Gasteiger partial charge in [0.05, 0.1) is 20.3 Å². The van der Waals surface area contributed by atoms with Crippen molar-refractivity contribution >= 4 is 28.8 Å². The Bertz CT molecular complexity index is 1190. The van der Waals surface area contributed by atoms with Gasteiger partial charge in [-0.2, -0.15) is 0 Å². The Balaban J connectivity index is 1.96. The molecular weight excluding hydrogens is 414 g/mol. The zero-order valence-corrected chi connectivity index (χ0v) is 18.2. The molecule has 0 aliphatic rings. The van der Waals surface area contributed by atoms with Crippen LogP contribution in [0.15, 0.2) is 47.4 Å². The summed E-state index contributed by atoms with van der Waals surface area (Å²) < 4.78 is 16.9. The maximum absolute atomic E-state index is 13.0. The normalized spacial score (nSPS) is 10.6. The molecule has 0 aliphatic heterocycles. The summed E-state index contributed by atoms with van der Waals surface area (Å²) in [6.45, 7) is 2.38. The lowest BCUT2D eigenvalue weighted by atomic mass is 10.00. The Morgan fingerprint density at radius 3 is 2.72 bits per heavy atom. The summed E-state index contributed by atoms with van der Waals surface area (Å²) in [6.07, 6.45) is 1.73. The summed E-state index contributed by atoms with van der Waals surface area (Å²) in [5.41, 5.74) is 1.34. The molecule has 3 aromatic rings. The molecule has 3 rings (SSSR count). The first-order chi connectivity index (χ1) is 15.5. The van der Waals surface area contributed by atoms with Gasteiger partial charge >= 0.3 is 12.1 Å². The highest BCUT2D eigenvalue weighted by Gasteiger charge is 2.20. The van der Waals surface area contributed by atoms with Crippen molar-refractivity contribution in [3.8, 4) is 16.9 Å². The van der Waals surface area contributed by atoms with Crippen molar-refractivity contribution in [1.29, 1.82) is 0 Å². The SMILES string of the molecule is CCC(=O)OCCCOc1cccc(-c2c(NC(=O)OC)c(=O)n(C)c3ncccc23)c1. The Labute approximate surface area is 184 Å². The number of ether oxygens (including phenoxy) is 3. The van der Waals surface area contributed by atoms with Crippen LogP contribution in [0.2, 0.25) is 0 Å². The number of aryl methyl sites for hydroxylation is 1. The van der Waals surface area contributed by atoms with E-state index in [4.69, 9.17) is 14.2 Å². The molecule has 0 unspecified atom stereocenters. The number of nitrogens with one attached hydrogen (secondary N) is 1. The number of aromatic nitrogens is 2. The summed E-state index contributed by atoms with van der Waals surface area (Å²) in [4.78, 5) is 40.5. The number of fused-ring (bicyclic) bond motifs is 1. The topological polar surface area (TPSA) is 109 Å². The van der Waals surface area contributed by atoms with Crippen LogP contribution in [0, 0.1) is 0 Å². The minimum atomic E-state index is -0.749. The fraction of sp³-hybridized carbons (Fsp3) is 0.304. The van der Waals surface area contributed by atoms with E-state index in [1.165, 1.54) is 11.7 Å². The summed E-state index contributed by atoms with van der Waals surface area (Å²) in [6, 6.07) is 10.8. The average Bonchev–Trinajstić information content (AvgIpc) is 2.82. The summed E-state index contributed by atoms with van der Waals surface area (Å²) >= 11 is 0. The van der Waals surface area contributed by atoms with Gasteiger partial charge in [0.25, 0.3) is 5.56 Å². The van der Waals surface area contributed by atoms with E-state index in [9.17, 15) is 14.4 Å². The zero-order chi connectivity index (χ0) is 23.1. The zero-order valence-electron chi connectivity index (χ0n) is 18.2. The molecule has 1 N–H and O–H groups in total. The Morgan fingerprint density at radius 1 is 1.16 bits per heavy atom. The van der Waals surface area contributed by atoms with Crippen molar-refractivity contribution in [2.75, 3.05) is 25.6 Å². The minimum Gasteiger partial charge on any atom is -0.493 e. The fourth-order valence-corrected chi connectivity index (χ4v) is 3.21. The lowest BCUT2D eigenvalue weighted by Gasteiger charge is -2.16. The minimum absolute atomic E-state index is 0.0866. The van der Waals surface area contributed by atoms with Gasteiger partial charge in [0, 0.05) is 37.0 Å². The van der Waals surface area contributed by atoms with E-state index in [0.29, 0.717) is 47.4 Å². The number of rotatable bonds is 8. The van der Waals surface area contributed by atoms with Crippen molar-refractivity contribution in [2.45, 2.75) is 19.8 Å². The second kappa shape index (κ2) is 10.4. The number of carbonyl (C=O) groups excluding carboxylic acids is 2. The first kappa shape index (κ1) is 22.8. The highest BCUT2D eigenvalue weighted by atomic mass is 16.5. The highest BCUT2D eigenvalue weighted by molar-refractivity contribution is 6.03. The molecular formula is C23H25N3O6. The predicted molar refractivity (Wildman–Crippen MR) is 120 cm³/mol. The second-order valence-electron chi connectivity index (χ2n) is 6.91.